The molecule has 0 aliphatic heterocycles. The SMILES string of the molecule is CC1=CC=CC(C(=O)O)C1C.O=P(O)(O)O. The van der Waals surface area contributed by atoms with Gasteiger partial charge < -0.3 is 19.8 Å². The molecule has 1 aliphatic carbocycles. The maximum atomic E-state index is 10.6. The van der Waals surface area contributed by atoms with Crippen LogP contribution < -0.4 is 0 Å². The van der Waals surface area contributed by atoms with Crippen molar-refractivity contribution in [1.82, 2.24) is 0 Å². The second-order valence-corrected chi connectivity index (χ2v) is 4.49. The first-order valence-electron chi connectivity index (χ1n) is 4.49. The van der Waals surface area contributed by atoms with Crippen LogP contribution in [0.5, 0.6) is 0 Å². The molecule has 0 aromatic heterocycles. The third-order valence-corrected chi connectivity index (χ3v) is 2.22. The Kier molecular flexibility index (Phi) is 5.61. The Balaban J connectivity index is 0.000000385. The van der Waals surface area contributed by atoms with Crippen LogP contribution in [-0.2, 0) is 9.36 Å². The third kappa shape index (κ3) is 6.53. The number of hydrogen-bond acceptors (Lipinski definition) is 2. The number of allylic oxidation sites excluding steroid dienone is 3. The molecule has 0 radical (unpaired) electrons. The molecule has 2 atom stereocenters. The summed E-state index contributed by atoms with van der Waals surface area (Å²) in [7, 11) is -4.64. The summed E-state index contributed by atoms with van der Waals surface area (Å²) in [5, 5.41) is 8.75. The van der Waals surface area contributed by atoms with Crippen molar-refractivity contribution in [3.8, 4) is 0 Å². The minimum absolute atomic E-state index is 0.137. The minimum Gasteiger partial charge on any atom is -0.481 e. The molecule has 1 aliphatic rings. The molecular weight excluding hydrogens is 235 g/mol. The topological polar surface area (TPSA) is 115 Å². The fourth-order valence-corrected chi connectivity index (χ4v) is 1.22. The molecule has 0 aromatic rings. The standard InChI is InChI=1S/C9H12O2.H3O4P/c1-6-4-3-5-8(7(6)2)9(10)11;1-5(2,3)4/h3-5,7-8H,1-2H3,(H,10,11);(H3,1,2,3,4). The molecule has 1 rings (SSSR count). The molecule has 0 saturated heterocycles. The van der Waals surface area contributed by atoms with E-state index in [9.17, 15) is 4.79 Å². The van der Waals surface area contributed by atoms with Crippen LogP contribution in [0.4, 0.5) is 0 Å². The van der Waals surface area contributed by atoms with Crippen molar-refractivity contribution in [2.75, 3.05) is 0 Å². The highest BCUT2D eigenvalue weighted by atomic mass is 31.2. The van der Waals surface area contributed by atoms with Crippen LogP contribution in [0.25, 0.3) is 0 Å². The first-order chi connectivity index (χ1) is 7.13. The molecular formula is C9H15O6P. The minimum atomic E-state index is -4.64. The van der Waals surface area contributed by atoms with E-state index in [-0.39, 0.29) is 11.8 Å². The number of phosphoric acid groups is 1. The van der Waals surface area contributed by atoms with Gasteiger partial charge in [0.15, 0.2) is 0 Å². The smallest absolute Gasteiger partial charge is 0.466 e. The lowest BCUT2D eigenvalue weighted by Gasteiger charge is -2.20. The lowest BCUT2D eigenvalue weighted by Crippen LogP contribution is -2.21. The van der Waals surface area contributed by atoms with Gasteiger partial charge in [-0.05, 0) is 12.8 Å². The summed E-state index contributed by atoms with van der Waals surface area (Å²) in [4.78, 5) is 32.2. The van der Waals surface area contributed by atoms with E-state index in [0.717, 1.165) is 5.57 Å². The van der Waals surface area contributed by atoms with Crippen molar-refractivity contribution in [2.45, 2.75) is 13.8 Å². The van der Waals surface area contributed by atoms with E-state index in [4.69, 9.17) is 24.4 Å². The van der Waals surface area contributed by atoms with Gasteiger partial charge in [-0.15, -0.1) is 0 Å². The molecule has 0 aromatic carbocycles. The Hall–Kier alpha value is -0.940. The Morgan fingerprint density at radius 2 is 1.81 bits per heavy atom. The van der Waals surface area contributed by atoms with Crippen LogP contribution in [0, 0.1) is 11.8 Å². The van der Waals surface area contributed by atoms with Crippen molar-refractivity contribution >= 4 is 13.8 Å². The third-order valence-electron chi connectivity index (χ3n) is 2.22. The van der Waals surface area contributed by atoms with Crippen molar-refractivity contribution in [1.29, 1.82) is 0 Å². The first-order valence-corrected chi connectivity index (χ1v) is 6.05. The average molecular weight is 250 g/mol. The fraction of sp³-hybridized carbons (Fsp3) is 0.444. The zero-order valence-electron chi connectivity index (χ0n) is 8.94. The summed E-state index contributed by atoms with van der Waals surface area (Å²) < 4.78 is 8.88. The van der Waals surface area contributed by atoms with Crippen LogP contribution in [0.1, 0.15) is 13.8 Å². The quantitative estimate of drug-likeness (QED) is 0.514. The van der Waals surface area contributed by atoms with E-state index >= 15 is 0 Å². The van der Waals surface area contributed by atoms with Crippen molar-refractivity contribution in [3.05, 3.63) is 23.8 Å². The van der Waals surface area contributed by atoms with Crippen molar-refractivity contribution in [2.24, 2.45) is 11.8 Å². The van der Waals surface area contributed by atoms with E-state index in [1.165, 1.54) is 0 Å². The molecule has 4 N–H and O–H groups in total. The fourth-order valence-electron chi connectivity index (χ4n) is 1.22. The van der Waals surface area contributed by atoms with Crippen LogP contribution >= 0.6 is 7.82 Å². The van der Waals surface area contributed by atoms with Crippen LogP contribution in [0.3, 0.4) is 0 Å². The maximum Gasteiger partial charge on any atom is 0.466 e. The van der Waals surface area contributed by atoms with Crippen molar-refractivity contribution in [3.63, 3.8) is 0 Å². The molecule has 0 amide bonds. The van der Waals surface area contributed by atoms with E-state index < -0.39 is 13.8 Å². The molecule has 0 fully saturated rings. The summed E-state index contributed by atoms with van der Waals surface area (Å²) in [5.74, 6) is -0.932. The molecule has 16 heavy (non-hydrogen) atoms. The van der Waals surface area contributed by atoms with Gasteiger partial charge >= 0.3 is 13.8 Å². The van der Waals surface area contributed by atoms with Gasteiger partial charge in [-0.1, -0.05) is 30.7 Å². The van der Waals surface area contributed by atoms with E-state index in [2.05, 4.69) is 0 Å². The Morgan fingerprint density at radius 3 is 2.12 bits per heavy atom. The normalized spacial score (nSPS) is 24.2. The second kappa shape index (κ2) is 5.96. The largest absolute Gasteiger partial charge is 0.481 e. The van der Waals surface area contributed by atoms with Gasteiger partial charge in [0.25, 0.3) is 0 Å². The van der Waals surface area contributed by atoms with Gasteiger partial charge in [0.05, 0.1) is 5.92 Å². The van der Waals surface area contributed by atoms with Gasteiger partial charge in [0.2, 0.25) is 0 Å². The highest BCUT2D eigenvalue weighted by Gasteiger charge is 2.24. The van der Waals surface area contributed by atoms with E-state index in [1.54, 1.807) is 6.08 Å². The molecule has 0 bridgehead atoms. The van der Waals surface area contributed by atoms with Gasteiger partial charge in [0.1, 0.15) is 0 Å². The van der Waals surface area contributed by atoms with Gasteiger partial charge in [0, 0.05) is 0 Å². The highest BCUT2D eigenvalue weighted by Crippen LogP contribution is 2.26. The summed E-state index contributed by atoms with van der Waals surface area (Å²) in [6.07, 6.45) is 5.51. The number of carbonyl (C=O) groups is 1. The summed E-state index contributed by atoms with van der Waals surface area (Å²) >= 11 is 0. The zero-order chi connectivity index (χ0) is 12.9. The lowest BCUT2D eigenvalue weighted by molar-refractivity contribution is -0.141. The number of rotatable bonds is 1. The van der Waals surface area contributed by atoms with Crippen LogP contribution in [0.2, 0.25) is 0 Å². The summed E-state index contributed by atoms with van der Waals surface area (Å²) in [6, 6.07) is 0. The monoisotopic (exact) mass is 250 g/mol. The number of aliphatic carboxylic acids is 1. The highest BCUT2D eigenvalue weighted by molar-refractivity contribution is 7.45. The Bertz CT molecular complexity index is 345. The van der Waals surface area contributed by atoms with Gasteiger partial charge in [-0.2, -0.15) is 0 Å². The second-order valence-electron chi connectivity index (χ2n) is 3.46. The molecule has 0 saturated carbocycles. The Morgan fingerprint density at radius 1 is 1.38 bits per heavy atom. The lowest BCUT2D eigenvalue weighted by atomic mass is 9.84. The predicted molar refractivity (Wildman–Crippen MR) is 57.4 cm³/mol. The predicted octanol–water partition coefficient (Wildman–Crippen LogP) is 0.911. The molecule has 0 spiro atoms. The summed E-state index contributed by atoms with van der Waals surface area (Å²) in [5.41, 5.74) is 1.14. The molecule has 7 heteroatoms. The van der Waals surface area contributed by atoms with E-state index in [1.807, 2.05) is 26.0 Å². The molecule has 92 valence electrons. The molecule has 2 unspecified atom stereocenters. The van der Waals surface area contributed by atoms with Gasteiger partial charge in [-0.25, -0.2) is 4.57 Å². The average Bonchev–Trinajstić information content (AvgIpc) is 2.06. The van der Waals surface area contributed by atoms with E-state index in [0.29, 0.717) is 0 Å². The maximum absolute atomic E-state index is 10.6. The van der Waals surface area contributed by atoms with Crippen molar-refractivity contribution < 1.29 is 29.1 Å². The van der Waals surface area contributed by atoms with Crippen LogP contribution in [0.15, 0.2) is 23.8 Å². The van der Waals surface area contributed by atoms with Gasteiger partial charge in [-0.3, -0.25) is 4.79 Å². The summed E-state index contributed by atoms with van der Waals surface area (Å²) in [6.45, 7) is 3.90. The van der Waals surface area contributed by atoms with Crippen LogP contribution in [-0.4, -0.2) is 25.8 Å². The molecule has 6 nitrogen and oxygen atoms in total. The molecule has 0 heterocycles. The number of hydrogen-bond donors (Lipinski definition) is 4. The zero-order valence-corrected chi connectivity index (χ0v) is 9.83. The number of carboxylic acid groups (broad SMARTS) is 1. The first kappa shape index (κ1) is 15.1. The Labute approximate surface area is 93.2 Å². The number of carboxylic acids is 1.